The second-order valence-corrected chi connectivity index (χ2v) is 6.01. The Balaban J connectivity index is 1.76. The van der Waals surface area contributed by atoms with Crippen molar-refractivity contribution in [1.29, 1.82) is 0 Å². The first-order valence-electron chi connectivity index (χ1n) is 7.68. The Labute approximate surface area is 113 Å². The maximum Gasteiger partial charge on any atom is 0.0203 e. The Morgan fingerprint density at radius 1 is 0.556 bits per heavy atom. The van der Waals surface area contributed by atoms with Gasteiger partial charge in [0, 0.05) is 11.8 Å². The summed E-state index contributed by atoms with van der Waals surface area (Å²) in [5, 5.41) is 0. The van der Waals surface area contributed by atoms with Crippen LogP contribution < -0.4 is 0 Å². The first-order chi connectivity index (χ1) is 8.83. The molecular formula is C18H26. The Bertz CT molecular complexity index is 316. The lowest BCUT2D eigenvalue weighted by atomic mass is 9.69. The van der Waals surface area contributed by atoms with Gasteiger partial charge in [-0.3, -0.25) is 0 Å². The van der Waals surface area contributed by atoms with E-state index in [-0.39, 0.29) is 0 Å². The van der Waals surface area contributed by atoms with E-state index in [1.807, 2.05) is 13.8 Å². The van der Waals surface area contributed by atoms with Gasteiger partial charge in [0.25, 0.3) is 0 Å². The number of hydrogen-bond donors (Lipinski definition) is 0. The molecule has 2 fully saturated rings. The molecule has 0 atom stereocenters. The minimum atomic E-state index is 0.702. The highest BCUT2D eigenvalue weighted by molar-refractivity contribution is 5.04. The Morgan fingerprint density at radius 3 is 1.17 bits per heavy atom. The van der Waals surface area contributed by atoms with Gasteiger partial charge in [0.05, 0.1) is 0 Å². The highest BCUT2D eigenvalue weighted by Crippen LogP contribution is 2.41. The minimum absolute atomic E-state index is 0.702. The van der Waals surface area contributed by atoms with Crippen molar-refractivity contribution in [2.24, 2.45) is 23.7 Å². The van der Waals surface area contributed by atoms with E-state index in [0.29, 0.717) is 11.8 Å². The predicted molar refractivity (Wildman–Crippen MR) is 77.8 cm³/mol. The van der Waals surface area contributed by atoms with Crippen LogP contribution in [0.15, 0.2) is 0 Å². The van der Waals surface area contributed by atoms with Crippen LogP contribution >= 0.6 is 0 Å². The summed E-state index contributed by atoms with van der Waals surface area (Å²) < 4.78 is 0. The molecule has 2 aliphatic rings. The van der Waals surface area contributed by atoms with Crippen molar-refractivity contribution >= 4 is 0 Å². The van der Waals surface area contributed by atoms with E-state index < -0.39 is 0 Å². The topological polar surface area (TPSA) is 0 Å². The molecular weight excluding hydrogens is 216 g/mol. The van der Waals surface area contributed by atoms with Crippen LogP contribution in [0, 0.1) is 47.4 Å². The summed E-state index contributed by atoms with van der Waals surface area (Å²) in [6.45, 7) is 3.95. The summed E-state index contributed by atoms with van der Waals surface area (Å²) >= 11 is 0. The van der Waals surface area contributed by atoms with Crippen LogP contribution in [-0.2, 0) is 0 Å². The Morgan fingerprint density at radius 2 is 0.889 bits per heavy atom. The lowest BCUT2D eigenvalue weighted by Crippen LogP contribution is -2.25. The van der Waals surface area contributed by atoms with Gasteiger partial charge in [0.2, 0.25) is 0 Å². The van der Waals surface area contributed by atoms with E-state index in [4.69, 9.17) is 0 Å². The summed E-state index contributed by atoms with van der Waals surface area (Å²) in [4.78, 5) is 0. The van der Waals surface area contributed by atoms with E-state index in [1.165, 1.54) is 51.4 Å². The van der Waals surface area contributed by atoms with E-state index in [9.17, 15) is 0 Å². The molecule has 0 heteroatoms. The highest BCUT2D eigenvalue weighted by Gasteiger charge is 2.29. The van der Waals surface area contributed by atoms with Crippen LogP contribution in [0.4, 0.5) is 0 Å². The zero-order valence-corrected chi connectivity index (χ0v) is 12.0. The van der Waals surface area contributed by atoms with E-state index in [2.05, 4.69) is 23.7 Å². The van der Waals surface area contributed by atoms with E-state index >= 15 is 0 Å². The molecule has 0 amide bonds. The molecule has 0 aromatic carbocycles. The van der Waals surface area contributed by atoms with E-state index in [1.54, 1.807) is 0 Å². The maximum atomic E-state index is 3.36. The van der Waals surface area contributed by atoms with Gasteiger partial charge in [-0.2, -0.15) is 0 Å². The number of hydrogen-bond acceptors (Lipinski definition) is 0. The number of rotatable bonds is 1. The molecule has 2 saturated carbocycles. The lowest BCUT2D eigenvalue weighted by Gasteiger charge is -2.36. The second-order valence-electron chi connectivity index (χ2n) is 6.01. The average molecular weight is 242 g/mol. The third kappa shape index (κ3) is 3.55. The van der Waals surface area contributed by atoms with Crippen LogP contribution in [0.3, 0.4) is 0 Å². The van der Waals surface area contributed by atoms with Crippen LogP contribution in [-0.4, -0.2) is 0 Å². The molecule has 0 N–H and O–H groups in total. The van der Waals surface area contributed by atoms with Crippen molar-refractivity contribution in [2.45, 2.75) is 65.2 Å². The first-order valence-corrected chi connectivity index (χ1v) is 7.68. The van der Waals surface area contributed by atoms with Gasteiger partial charge >= 0.3 is 0 Å². The van der Waals surface area contributed by atoms with E-state index in [0.717, 1.165) is 11.8 Å². The monoisotopic (exact) mass is 242 g/mol. The van der Waals surface area contributed by atoms with Gasteiger partial charge in [-0.25, -0.2) is 0 Å². The summed E-state index contributed by atoms with van der Waals surface area (Å²) in [5.41, 5.74) is 0. The molecule has 0 aliphatic heterocycles. The molecule has 0 aromatic rings. The summed E-state index contributed by atoms with van der Waals surface area (Å²) in [6.07, 6.45) is 11.1. The molecule has 98 valence electrons. The summed E-state index contributed by atoms with van der Waals surface area (Å²) in [5.74, 6) is 16.3. The van der Waals surface area contributed by atoms with Gasteiger partial charge in [-0.15, -0.1) is 23.7 Å². The molecule has 0 bridgehead atoms. The van der Waals surface area contributed by atoms with Gasteiger partial charge in [-0.1, -0.05) is 0 Å². The molecule has 0 unspecified atom stereocenters. The molecule has 2 aliphatic carbocycles. The van der Waals surface area contributed by atoms with Crippen molar-refractivity contribution in [3.8, 4) is 23.7 Å². The van der Waals surface area contributed by atoms with Gasteiger partial charge < -0.3 is 0 Å². The lowest BCUT2D eigenvalue weighted by molar-refractivity contribution is 0.170. The zero-order chi connectivity index (χ0) is 12.8. The van der Waals surface area contributed by atoms with Crippen LogP contribution in [0.25, 0.3) is 0 Å². The van der Waals surface area contributed by atoms with Gasteiger partial charge in [0.15, 0.2) is 0 Å². The summed E-state index contributed by atoms with van der Waals surface area (Å²) in [6, 6.07) is 0. The second kappa shape index (κ2) is 6.89. The molecule has 2 rings (SSSR count). The van der Waals surface area contributed by atoms with Crippen molar-refractivity contribution in [2.75, 3.05) is 0 Å². The molecule has 0 nitrogen and oxygen atoms in total. The van der Waals surface area contributed by atoms with Crippen molar-refractivity contribution in [3.63, 3.8) is 0 Å². The van der Waals surface area contributed by atoms with Crippen LogP contribution in [0.1, 0.15) is 65.2 Å². The molecule has 0 spiro atoms. The minimum Gasteiger partial charge on any atom is -0.106 e. The average Bonchev–Trinajstić information content (AvgIpc) is 2.41. The van der Waals surface area contributed by atoms with Crippen molar-refractivity contribution in [3.05, 3.63) is 0 Å². The van der Waals surface area contributed by atoms with Crippen LogP contribution in [0.2, 0.25) is 0 Å². The first kappa shape index (κ1) is 13.5. The van der Waals surface area contributed by atoms with Gasteiger partial charge in [-0.05, 0) is 77.0 Å². The predicted octanol–water partition coefficient (Wildman–Crippen LogP) is 4.65. The zero-order valence-electron chi connectivity index (χ0n) is 12.0. The highest BCUT2D eigenvalue weighted by atomic mass is 14.3. The normalized spacial score (nSPS) is 35.9. The van der Waals surface area contributed by atoms with Crippen molar-refractivity contribution < 1.29 is 0 Å². The standard InChI is InChI=1S/C18H26/c1-3-5-15-7-11-17(12-8-15)18-13-9-16(6-4-2)10-14-18/h15-18H,7-14H2,1-2H3. The Kier molecular flexibility index (Phi) is 5.19. The fourth-order valence-electron chi connectivity index (χ4n) is 3.88. The molecule has 0 aromatic heterocycles. The Hall–Kier alpha value is -0.880. The maximum absolute atomic E-state index is 3.36. The van der Waals surface area contributed by atoms with Crippen LogP contribution in [0.5, 0.6) is 0 Å². The quantitative estimate of drug-likeness (QED) is 0.587. The molecule has 18 heavy (non-hydrogen) atoms. The molecule has 0 radical (unpaired) electrons. The van der Waals surface area contributed by atoms with Gasteiger partial charge in [0.1, 0.15) is 0 Å². The largest absolute Gasteiger partial charge is 0.106 e. The van der Waals surface area contributed by atoms with Crippen molar-refractivity contribution in [1.82, 2.24) is 0 Å². The smallest absolute Gasteiger partial charge is 0.0203 e. The fraction of sp³-hybridized carbons (Fsp3) is 0.778. The molecule has 0 heterocycles. The SMILES string of the molecule is CC#CC1CCC(C2CCC(C#CC)CC2)CC1. The third-order valence-corrected chi connectivity index (χ3v) is 4.91. The fourth-order valence-corrected chi connectivity index (χ4v) is 3.88. The molecule has 0 saturated heterocycles. The third-order valence-electron chi connectivity index (χ3n) is 4.91. The summed E-state index contributed by atoms with van der Waals surface area (Å²) in [7, 11) is 0.